The monoisotopic (exact) mass is 594 g/mol. The third-order valence-corrected chi connectivity index (χ3v) is 8.66. The van der Waals surface area contributed by atoms with Crippen molar-refractivity contribution in [1.29, 1.82) is 0 Å². The molecule has 0 radical (unpaired) electrons. The number of nitrogens with zero attached hydrogens (tertiary/aromatic N) is 4. The standard InChI is InChI=1S/C32H26N4O6S/c1-4-40-30(38)26-27(19-8-6-5-7-9-19)33-31-36(28(26)20-11-13-23-24(16-20)42-17-41-23)29(37)25(43-31)15-18-10-12-21-22(14-18)35(3)32(39)34(21)2/h5-16,28H,4,17H2,1-3H3/b25-15-/t28-/m0/s1. The molecule has 2 aromatic heterocycles. The van der Waals surface area contributed by atoms with E-state index < -0.39 is 12.0 Å². The van der Waals surface area contributed by atoms with Gasteiger partial charge in [-0.15, -0.1) is 0 Å². The van der Waals surface area contributed by atoms with Gasteiger partial charge in [0.05, 0.1) is 39.5 Å². The minimum Gasteiger partial charge on any atom is -0.463 e. The zero-order valence-corrected chi connectivity index (χ0v) is 24.4. The molecule has 43 heavy (non-hydrogen) atoms. The Morgan fingerprint density at radius 1 is 1.00 bits per heavy atom. The molecular formula is C32H26N4O6S. The Bertz CT molecular complexity index is 2220. The van der Waals surface area contributed by atoms with Crippen LogP contribution in [0.4, 0.5) is 0 Å². The summed E-state index contributed by atoms with van der Waals surface area (Å²) in [5.41, 5.74) is 3.95. The number of esters is 1. The number of fused-ring (bicyclic) bond motifs is 3. The summed E-state index contributed by atoms with van der Waals surface area (Å²) in [4.78, 5) is 45.6. The zero-order valence-electron chi connectivity index (χ0n) is 23.6. The predicted molar refractivity (Wildman–Crippen MR) is 162 cm³/mol. The van der Waals surface area contributed by atoms with Crippen molar-refractivity contribution in [2.75, 3.05) is 13.4 Å². The minimum absolute atomic E-state index is 0.0920. The Morgan fingerprint density at radius 2 is 1.77 bits per heavy atom. The number of thiazole rings is 1. The lowest BCUT2D eigenvalue weighted by molar-refractivity contribution is -0.138. The van der Waals surface area contributed by atoms with Crippen LogP contribution in [-0.4, -0.2) is 33.1 Å². The molecule has 0 fully saturated rings. The molecule has 2 aliphatic rings. The van der Waals surface area contributed by atoms with Gasteiger partial charge in [-0.1, -0.05) is 53.8 Å². The fourth-order valence-electron chi connectivity index (χ4n) is 5.60. The first kappa shape index (κ1) is 26.7. The van der Waals surface area contributed by atoms with Gasteiger partial charge in [-0.25, -0.2) is 14.6 Å². The number of imidazole rings is 1. The zero-order chi connectivity index (χ0) is 29.8. The lowest BCUT2D eigenvalue weighted by Gasteiger charge is -2.26. The highest BCUT2D eigenvalue weighted by atomic mass is 32.1. The van der Waals surface area contributed by atoms with E-state index in [0.29, 0.717) is 32.1 Å². The number of ether oxygens (including phenoxy) is 3. The molecule has 7 rings (SSSR count). The topological polar surface area (TPSA) is 106 Å². The summed E-state index contributed by atoms with van der Waals surface area (Å²) in [5, 5.41) is 0. The molecule has 11 heteroatoms. The predicted octanol–water partition coefficient (Wildman–Crippen LogP) is 2.85. The number of benzene rings is 3. The summed E-state index contributed by atoms with van der Waals surface area (Å²) in [6, 6.07) is 19.6. The van der Waals surface area contributed by atoms with E-state index in [0.717, 1.165) is 22.2 Å². The Kier molecular flexibility index (Phi) is 6.39. The molecule has 0 saturated heterocycles. The van der Waals surface area contributed by atoms with Crippen LogP contribution in [0.25, 0.3) is 22.8 Å². The van der Waals surface area contributed by atoms with Gasteiger partial charge in [0, 0.05) is 19.7 Å². The molecule has 5 aromatic rings. The molecule has 0 N–H and O–H groups in total. The summed E-state index contributed by atoms with van der Waals surface area (Å²) in [7, 11) is 3.44. The third-order valence-electron chi connectivity index (χ3n) is 7.68. The van der Waals surface area contributed by atoms with Crippen molar-refractivity contribution < 1.29 is 19.0 Å². The number of hydrogen-bond acceptors (Lipinski definition) is 8. The second-order valence-corrected chi connectivity index (χ2v) is 11.2. The first-order valence-electron chi connectivity index (χ1n) is 13.7. The van der Waals surface area contributed by atoms with Gasteiger partial charge in [-0.2, -0.15) is 0 Å². The normalized spacial score (nSPS) is 16.0. The molecule has 0 saturated carbocycles. The van der Waals surface area contributed by atoms with Crippen LogP contribution in [0.3, 0.4) is 0 Å². The first-order chi connectivity index (χ1) is 20.9. The second-order valence-electron chi connectivity index (χ2n) is 10.2. The summed E-state index contributed by atoms with van der Waals surface area (Å²) in [6.45, 7) is 1.99. The van der Waals surface area contributed by atoms with E-state index in [1.807, 2.05) is 54.6 Å². The number of carbonyl (C=O) groups excluding carboxylic acids is 1. The highest BCUT2D eigenvalue weighted by Gasteiger charge is 2.36. The van der Waals surface area contributed by atoms with Crippen molar-refractivity contribution in [2.45, 2.75) is 13.0 Å². The molecule has 10 nitrogen and oxygen atoms in total. The second kappa shape index (κ2) is 10.3. The average molecular weight is 595 g/mol. The summed E-state index contributed by atoms with van der Waals surface area (Å²) >= 11 is 1.24. The fraction of sp³-hybridized carbons (Fsp3) is 0.188. The first-order valence-corrected chi connectivity index (χ1v) is 14.5. The molecule has 2 aliphatic heterocycles. The van der Waals surface area contributed by atoms with Gasteiger partial charge >= 0.3 is 11.7 Å². The smallest absolute Gasteiger partial charge is 0.338 e. The van der Waals surface area contributed by atoms with Crippen LogP contribution in [0.1, 0.15) is 29.7 Å². The Hall–Kier alpha value is -5.16. The molecule has 216 valence electrons. The van der Waals surface area contributed by atoms with E-state index >= 15 is 0 Å². The van der Waals surface area contributed by atoms with Crippen molar-refractivity contribution in [2.24, 2.45) is 19.1 Å². The Balaban J connectivity index is 1.49. The molecule has 0 bridgehead atoms. The van der Waals surface area contributed by atoms with Crippen molar-refractivity contribution in [3.63, 3.8) is 0 Å². The van der Waals surface area contributed by atoms with Crippen molar-refractivity contribution in [3.8, 4) is 11.5 Å². The highest BCUT2D eigenvalue weighted by molar-refractivity contribution is 7.07. The van der Waals surface area contributed by atoms with Gasteiger partial charge in [0.2, 0.25) is 6.79 Å². The molecule has 3 aromatic carbocycles. The van der Waals surface area contributed by atoms with Crippen molar-refractivity contribution in [3.05, 3.63) is 119 Å². The highest BCUT2D eigenvalue weighted by Crippen LogP contribution is 2.40. The van der Waals surface area contributed by atoms with Gasteiger partial charge in [0.15, 0.2) is 16.3 Å². The average Bonchev–Trinajstić information content (AvgIpc) is 3.68. The Labute approximate surface area is 248 Å². The van der Waals surface area contributed by atoms with Gasteiger partial charge < -0.3 is 14.2 Å². The maximum absolute atomic E-state index is 14.2. The number of hydrogen-bond donors (Lipinski definition) is 0. The number of aryl methyl sites for hydroxylation is 2. The third kappa shape index (κ3) is 4.31. The van der Waals surface area contributed by atoms with Gasteiger partial charge in [0.1, 0.15) is 0 Å². The molecule has 0 amide bonds. The fourth-order valence-corrected chi connectivity index (χ4v) is 6.60. The lowest BCUT2D eigenvalue weighted by Crippen LogP contribution is -2.40. The van der Waals surface area contributed by atoms with E-state index in [2.05, 4.69) is 0 Å². The van der Waals surface area contributed by atoms with Crippen LogP contribution < -0.4 is 30.1 Å². The van der Waals surface area contributed by atoms with Gasteiger partial charge in [0.25, 0.3) is 5.56 Å². The largest absolute Gasteiger partial charge is 0.463 e. The molecule has 0 aliphatic carbocycles. The molecule has 1 atom stereocenters. The van der Waals surface area contributed by atoms with Gasteiger partial charge in [-0.3, -0.25) is 18.5 Å². The van der Waals surface area contributed by atoms with Crippen LogP contribution in [0.5, 0.6) is 11.5 Å². The van der Waals surface area contributed by atoms with E-state index in [9.17, 15) is 14.4 Å². The number of rotatable bonds is 5. The van der Waals surface area contributed by atoms with E-state index in [1.165, 1.54) is 11.3 Å². The minimum atomic E-state index is -0.834. The molecular weight excluding hydrogens is 568 g/mol. The van der Waals surface area contributed by atoms with Crippen molar-refractivity contribution in [1.82, 2.24) is 13.7 Å². The maximum atomic E-state index is 14.2. The summed E-state index contributed by atoms with van der Waals surface area (Å²) in [6.07, 6.45) is 1.79. The van der Waals surface area contributed by atoms with E-state index in [1.54, 1.807) is 52.9 Å². The summed E-state index contributed by atoms with van der Waals surface area (Å²) in [5.74, 6) is 0.562. The van der Waals surface area contributed by atoms with E-state index in [4.69, 9.17) is 19.2 Å². The van der Waals surface area contributed by atoms with E-state index in [-0.39, 0.29) is 30.2 Å². The lowest BCUT2D eigenvalue weighted by atomic mass is 9.93. The quantitative estimate of drug-likeness (QED) is 0.290. The summed E-state index contributed by atoms with van der Waals surface area (Å²) < 4.78 is 21.8. The molecule has 0 spiro atoms. The van der Waals surface area contributed by atoms with Crippen LogP contribution in [0.2, 0.25) is 0 Å². The Morgan fingerprint density at radius 3 is 2.56 bits per heavy atom. The maximum Gasteiger partial charge on any atom is 0.338 e. The van der Waals surface area contributed by atoms with Crippen LogP contribution in [-0.2, 0) is 23.6 Å². The van der Waals surface area contributed by atoms with Crippen LogP contribution in [0.15, 0.2) is 86.9 Å². The van der Waals surface area contributed by atoms with Crippen molar-refractivity contribution >= 4 is 40.1 Å². The molecule has 0 unspecified atom stereocenters. The van der Waals surface area contributed by atoms with Gasteiger partial charge in [-0.05, 0) is 48.4 Å². The number of aromatic nitrogens is 3. The molecule has 4 heterocycles. The number of carbonyl (C=O) groups is 1. The van der Waals surface area contributed by atoms with Crippen LogP contribution >= 0.6 is 11.3 Å². The SMILES string of the molecule is CCOC(=O)C1=C(c2ccccc2)N=c2s/c(=C\c3ccc4c(c3)n(C)c(=O)n4C)c(=O)n2[C@H]1c1ccc2c(c1)OCO2. The van der Waals surface area contributed by atoms with Crippen LogP contribution in [0, 0.1) is 0 Å².